The molecule has 0 spiro atoms. The van der Waals surface area contributed by atoms with Crippen molar-refractivity contribution >= 4 is 52.3 Å². The highest BCUT2D eigenvalue weighted by Gasteiger charge is 2.54. The molecule has 374 valence electrons. The quantitative estimate of drug-likeness (QED) is 0.0768. The maximum absolute atomic E-state index is 17.9. The topological polar surface area (TPSA) is 112 Å². The van der Waals surface area contributed by atoms with Crippen LogP contribution in [0.5, 0.6) is 11.8 Å². The summed E-state index contributed by atoms with van der Waals surface area (Å²) in [7, 11) is -1.19. The Hall–Kier alpha value is -5.67. The minimum atomic E-state index is -2.76. The van der Waals surface area contributed by atoms with Crippen molar-refractivity contribution in [3.05, 3.63) is 109 Å². The van der Waals surface area contributed by atoms with Crippen LogP contribution in [0.25, 0.3) is 32.9 Å². The molecule has 14 heteroatoms. The maximum atomic E-state index is 17.9. The maximum Gasteiger partial charge on any atom is 0.410 e. The first-order valence-electron chi connectivity index (χ1n) is 25.6. The molecule has 6 aromatic rings. The molecule has 2 unspecified atom stereocenters. The Kier molecular flexibility index (Phi) is 13.4. The number of carbonyl (C=O) groups excluding carboxylic acids is 1. The van der Waals surface area contributed by atoms with E-state index in [1.807, 2.05) is 49.9 Å². The zero-order chi connectivity index (χ0) is 49.7. The van der Waals surface area contributed by atoms with Gasteiger partial charge in [0.1, 0.15) is 35.0 Å². The molecule has 71 heavy (non-hydrogen) atoms. The molecule has 10 rings (SSSR count). The van der Waals surface area contributed by atoms with E-state index in [0.717, 1.165) is 67.8 Å². The second kappa shape index (κ2) is 19.4. The third-order valence-corrected chi connectivity index (χ3v) is 20.5. The molecule has 1 amide bonds. The predicted molar refractivity (Wildman–Crippen MR) is 280 cm³/mol. The van der Waals surface area contributed by atoms with E-state index in [9.17, 15) is 4.79 Å². The standard InChI is InChI=1S/C57H69FN6O6Si/c1-9-38-18-16-19-39-30-43(68-37-66-8)31-46(48(38)39)50-49(58)51-47(32-59-50)52(62-33-40-24-25-41(34-62)64(40)54(65)70-55(2,3)4)61-53(60-51)67-36-57-27-17-29-63(57)42(26-28-57)35-69-71(56(5,6)7,44-20-12-10-13-21-44)45-22-14-11-15-23-45/h10-16,18-23,30-32,40-42H,9,17,24-29,33-37H2,1-8H3/t40?,41?,42-,57-/m0/s1. The van der Waals surface area contributed by atoms with E-state index in [1.54, 1.807) is 13.3 Å². The second-order valence-electron chi connectivity index (χ2n) is 22.1. The number of amides is 1. The Bertz CT molecular complexity index is 2840. The number of ether oxygens (including phenoxy) is 4. The monoisotopic (exact) mass is 981 g/mol. The molecule has 0 N–H and O–H groups in total. The summed E-state index contributed by atoms with van der Waals surface area (Å²) in [5, 5.41) is 4.70. The highest BCUT2D eigenvalue weighted by atomic mass is 28.4. The van der Waals surface area contributed by atoms with Crippen LogP contribution < -0.4 is 24.7 Å². The number of carbonyl (C=O) groups is 1. The van der Waals surface area contributed by atoms with Gasteiger partial charge in [-0.25, -0.2) is 9.18 Å². The van der Waals surface area contributed by atoms with E-state index in [1.165, 1.54) is 10.4 Å². The first-order chi connectivity index (χ1) is 34.1. The minimum absolute atomic E-state index is 0.0417. The lowest BCUT2D eigenvalue weighted by Crippen LogP contribution is -2.67. The largest absolute Gasteiger partial charge is 0.468 e. The molecule has 4 fully saturated rings. The summed E-state index contributed by atoms with van der Waals surface area (Å²) >= 11 is 0. The highest BCUT2D eigenvalue weighted by Crippen LogP contribution is 2.46. The van der Waals surface area contributed by atoms with Gasteiger partial charge in [-0.1, -0.05) is 107 Å². The molecule has 2 aromatic heterocycles. The number of fused-ring (bicyclic) bond motifs is 5. The van der Waals surface area contributed by atoms with Crippen molar-refractivity contribution in [2.24, 2.45) is 0 Å². The Labute approximate surface area is 418 Å². The van der Waals surface area contributed by atoms with E-state index in [4.69, 9.17) is 38.3 Å². The fraction of sp³-hybridized carbons (Fsp3) is 0.474. The molecule has 0 radical (unpaired) electrons. The molecule has 12 nitrogen and oxygen atoms in total. The first kappa shape index (κ1) is 48.9. The van der Waals surface area contributed by atoms with Gasteiger partial charge in [-0.2, -0.15) is 9.97 Å². The Balaban J connectivity index is 0.999. The molecule has 4 aliphatic rings. The van der Waals surface area contributed by atoms with Crippen LogP contribution in [-0.2, 0) is 20.3 Å². The van der Waals surface area contributed by atoms with Gasteiger partial charge >= 0.3 is 12.1 Å². The van der Waals surface area contributed by atoms with Crippen molar-refractivity contribution in [1.29, 1.82) is 0 Å². The third kappa shape index (κ3) is 9.14. The van der Waals surface area contributed by atoms with Gasteiger partial charge in [0.05, 0.1) is 29.6 Å². The van der Waals surface area contributed by atoms with Crippen LogP contribution in [0.4, 0.5) is 15.0 Å². The van der Waals surface area contributed by atoms with Gasteiger partial charge in [0, 0.05) is 38.0 Å². The lowest BCUT2D eigenvalue weighted by Gasteiger charge is -2.44. The number of piperazine rings is 1. The average Bonchev–Trinajstić information content (AvgIpc) is 4.01. The van der Waals surface area contributed by atoms with Crippen LogP contribution in [0.3, 0.4) is 0 Å². The third-order valence-electron chi connectivity index (χ3n) is 15.5. The number of aromatic nitrogens is 3. The van der Waals surface area contributed by atoms with E-state index in [0.29, 0.717) is 48.8 Å². The van der Waals surface area contributed by atoms with Crippen LogP contribution in [0, 0.1) is 5.82 Å². The summed E-state index contributed by atoms with van der Waals surface area (Å²) in [6, 6.07) is 31.7. The molecule has 4 aliphatic heterocycles. The summed E-state index contributed by atoms with van der Waals surface area (Å²) < 4.78 is 49.3. The van der Waals surface area contributed by atoms with Crippen molar-refractivity contribution in [1.82, 2.24) is 24.8 Å². The Morgan fingerprint density at radius 1 is 0.859 bits per heavy atom. The van der Waals surface area contributed by atoms with Crippen LogP contribution in [0.1, 0.15) is 92.6 Å². The number of pyridine rings is 1. The van der Waals surface area contributed by atoms with Gasteiger partial charge in [0.25, 0.3) is 8.32 Å². The number of aryl methyl sites for hydroxylation is 1. The molecule has 6 heterocycles. The fourth-order valence-electron chi connectivity index (χ4n) is 12.3. The molecule has 0 aliphatic carbocycles. The summed E-state index contributed by atoms with van der Waals surface area (Å²) in [5.41, 5.74) is 1.09. The molecular formula is C57H69FN6O6Si. The molecule has 4 saturated heterocycles. The predicted octanol–water partition coefficient (Wildman–Crippen LogP) is 10.1. The van der Waals surface area contributed by atoms with Crippen LogP contribution in [0.15, 0.2) is 97.2 Å². The number of rotatable bonds is 14. The number of hydrogen-bond acceptors (Lipinski definition) is 11. The van der Waals surface area contributed by atoms with Crippen molar-refractivity contribution < 1.29 is 32.6 Å². The normalized spacial score (nSPS) is 21.6. The fourth-order valence-corrected chi connectivity index (χ4v) is 16.9. The van der Waals surface area contributed by atoms with Gasteiger partial charge in [0.2, 0.25) is 0 Å². The lowest BCUT2D eigenvalue weighted by atomic mass is 9.95. The van der Waals surface area contributed by atoms with Crippen LogP contribution in [-0.4, -0.2) is 115 Å². The Morgan fingerprint density at radius 3 is 2.21 bits per heavy atom. The van der Waals surface area contributed by atoms with Gasteiger partial charge in [-0.15, -0.1) is 0 Å². The van der Waals surface area contributed by atoms with Crippen LogP contribution in [0.2, 0.25) is 5.04 Å². The molecule has 0 saturated carbocycles. The number of anilines is 1. The summed E-state index contributed by atoms with van der Waals surface area (Å²) in [6.45, 7) is 17.7. The first-order valence-corrected chi connectivity index (χ1v) is 27.5. The molecule has 4 atom stereocenters. The van der Waals surface area contributed by atoms with Gasteiger partial charge in [-0.3, -0.25) is 14.8 Å². The van der Waals surface area contributed by atoms with Gasteiger partial charge < -0.3 is 28.3 Å². The number of benzene rings is 4. The van der Waals surface area contributed by atoms with Crippen molar-refractivity contribution in [2.45, 2.75) is 128 Å². The molecular weight excluding hydrogens is 912 g/mol. The van der Waals surface area contributed by atoms with Crippen LogP contribution >= 0.6 is 0 Å². The number of nitrogens with zero attached hydrogens (tertiary/aromatic N) is 6. The highest BCUT2D eigenvalue weighted by molar-refractivity contribution is 6.99. The average molecular weight is 981 g/mol. The second-order valence-corrected chi connectivity index (χ2v) is 26.4. The van der Waals surface area contributed by atoms with E-state index in [2.05, 4.69) is 104 Å². The Morgan fingerprint density at radius 2 is 1.56 bits per heavy atom. The van der Waals surface area contributed by atoms with Gasteiger partial charge in [0.15, 0.2) is 12.6 Å². The smallest absolute Gasteiger partial charge is 0.410 e. The van der Waals surface area contributed by atoms with Crippen molar-refractivity contribution in [3.63, 3.8) is 0 Å². The minimum Gasteiger partial charge on any atom is -0.468 e. The zero-order valence-corrected chi connectivity index (χ0v) is 43.7. The SMILES string of the molecule is CCc1cccc2cc(OCOC)cc(-c3ncc4c(N5CC6CCC(C5)N6C(=O)OC(C)(C)C)nc(OC[C@@]56CCCN5[C@H](CO[Si](c5ccccc5)(c5ccccc5)C(C)(C)C)CC6)nc4c3F)c12. The summed E-state index contributed by atoms with van der Waals surface area (Å²) in [5.74, 6) is 0.523. The van der Waals surface area contributed by atoms with Gasteiger partial charge in [-0.05, 0) is 116 Å². The van der Waals surface area contributed by atoms with E-state index >= 15 is 4.39 Å². The molecule has 4 aromatic carbocycles. The van der Waals surface area contributed by atoms with E-state index in [-0.39, 0.29) is 58.8 Å². The number of halogens is 1. The van der Waals surface area contributed by atoms with E-state index < -0.39 is 19.7 Å². The number of methoxy groups -OCH3 is 1. The van der Waals surface area contributed by atoms with Crippen molar-refractivity contribution in [3.8, 4) is 23.0 Å². The summed E-state index contributed by atoms with van der Waals surface area (Å²) in [6.07, 6.45) is 7.72. The molecule has 2 bridgehead atoms. The zero-order valence-electron chi connectivity index (χ0n) is 42.7. The lowest BCUT2D eigenvalue weighted by molar-refractivity contribution is 0.0122. The van der Waals surface area contributed by atoms with Crippen molar-refractivity contribution in [2.75, 3.05) is 51.7 Å². The number of hydrogen-bond donors (Lipinski definition) is 0. The summed E-state index contributed by atoms with van der Waals surface area (Å²) in [4.78, 5) is 35.2.